The van der Waals surface area contributed by atoms with Crippen molar-refractivity contribution in [3.05, 3.63) is 112 Å². The number of amides is 1. The Morgan fingerprint density at radius 3 is 2.42 bits per heavy atom. The maximum atomic E-state index is 13.3. The molecule has 2 aromatic heterocycles. The Morgan fingerprint density at radius 1 is 0.920 bits per heavy atom. The molecule has 3 heterocycles. The summed E-state index contributed by atoms with van der Waals surface area (Å²) in [5, 5.41) is 26.6. The van der Waals surface area contributed by atoms with Crippen LogP contribution in [0.4, 0.5) is 5.69 Å². The SMILES string of the molecule is COc1cc(NC(=O)c2cc(=O)c3ccccc3o2)c(-c2nnn(-c3ccc(CCN4CCc5cc(OC)c(OC)cc5C4)cc3)n2)cc1O. The fourth-order valence-corrected chi connectivity index (χ4v) is 6.07. The first-order valence-electron chi connectivity index (χ1n) is 15.9. The zero-order chi connectivity index (χ0) is 34.8. The molecule has 0 spiro atoms. The molecule has 1 aliphatic heterocycles. The normalized spacial score (nSPS) is 12.8. The van der Waals surface area contributed by atoms with Crippen LogP contribution in [0.25, 0.3) is 28.0 Å². The van der Waals surface area contributed by atoms with Crippen LogP contribution in [-0.4, -0.2) is 70.5 Å². The summed E-state index contributed by atoms with van der Waals surface area (Å²) in [5.41, 5.74) is 4.82. The van der Waals surface area contributed by atoms with E-state index >= 15 is 0 Å². The van der Waals surface area contributed by atoms with Gasteiger partial charge in [-0.1, -0.05) is 24.3 Å². The van der Waals surface area contributed by atoms with Crippen LogP contribution < -0.4 is 25.0 Å². The van der Waals surface area contributed by atoms with Gasteiger partial charge in [0.25, 0.3) is 5.91 Å². The number of nitrogens with one attached hydrogen (secondary N) is 1. The molecule has 0 atom stereocenters. The quantitative estimate of drug-likeness (QED) is 0.188. The summed E-state index contributed by atoms with van der Waals surface area (Å²) < 4.78 is 21.9. The minimum absolute atomic E-state index is 0.112. The minimum Gasteiger partial charge on any atom is -0.504 e. The number of rotatable bonds is 10. The van der Waals surface area contributed by atoms with Gasteiger partial charge < -0.3 is 29.1 Å². The molecular formula is C37H34N6O7. The van der Waals surface area contributed by atoms with Crippen molar-refractivity contribution in [2.45, 2.75) is 19.4 Å². The molecule has 0 saturated heterocycles. The van der Waals surface area contributed by atoms with Crippen LogP contribution in [0, 0.1) is 0 Å². The summed E-state index contributed by atoms with van der Waals surface area (Å²) in [4.78, 5) is 29.7. The molecule has 13 nitrogen and oxygen atoms in total. The number of phenols is 1. The first kappa shape index (κ1) is 32.3. The highest BCUT2D eigenvalue weighted by Crippen LogP contribution is 2.37. The molecule has 7 rings (SSSR count). The summed E-state index contributed by atoms with van der Waals surface area (Å²) in [6.45, 7) is 2.71. The fraction of sp³-hybridized carbons (Fsp3) is 0.216. The molecule has 254 valence electrons. The zero-order valence-corrected chi connectivity index (χ0v) is 27.7. The lowest BCUT2D eigenvalue weighted by Crippen LogP contribution is -2.32. The number of benzene rings is 4. The zero-order valence-electron chi connectivity index (χ0n) is 27.7. The maximum Gasteiger partial charge on any atom is 0.291 e. The summed E-state index contributed by atoms with van der Waals surface area (Å²) in [5.74, 6) is 0.704. The van der Waals surface area contributed by atoms with Gasteiger partial charge in [-0.3, -0.25) is 14.5 Å². The molecule has 1 amide bonds. The molecule has 0 radical (unpaired) electrons. The lowest BCUT2D eigenvalue weighted by atomic mass is 9.98. The topological polar surface area (TPSA) is 154 Å². The van der Waals surface area contributed by atoms with Crippen LogP contribution in [0.1, 0.15) is 27.2 Å². The van der Waals surface area contributed by atoms with E-state index in [1.54, 1.807) is 38.5 Å². The van der Waals surface area contributed by atoms with Crippen molar-refractivity contribution in [3.63, 3.8) is 0 Å². The lowest BCUT2D eigenvalue weighted by Gasteiger charge is -2.29. The van der Waals surface area contributed by atoms with E-state index in [4.69, 9.17) is 18.6 Å². The highest BCUT2D eigenvalue weighted by atomic mass is 16.5. The molecule has 0 unspecified atom stereocenters. The number of carbonyl (C=O) groups excluding carboxylic acids is 1. The first-order valence-corrected chi connectivity index (χ1v) is 15.9. The number of tetrazole rings is 1. The summed E-state index contributed by atoms with van der Waals surface area (Å²) in [6.07, 6.45) is 1.82. The Hall–Kier alpha value is -6.21. The predicted octanol–water partition coefficient (Wildman–Crippen LogP) is 5.02. The van der Waals surface area contributed by atoms with E-state index in [1.807, 2.05) is 24.3 Å². The van der Waals surface area contributed by atoms with Crippen molar-refractivity contribution < 1.29 is 28.5 Å². The lowest BCUT2D eigenvalue weighted by molar-refractivity contribution is 0.0997. The molecule has 0 fully saturated rings. The van der Waals surface area contributed by atoms with Crippen molar-refractivity contribution in [1.82, 2.24) is 25.1 Å². The van der Waals surface area contributed by atoms with Crippen LogP contribution in [0.5, 0.6) is 23.0 Å². The monoisotopic (exact) mass is 674 g/mol. The Labute approximate surface area is 286 Å². The number of aromatic nitrogens is 4. The van der Waals surface area contributed by atoms with Gasteiger partial charge in [0.05, 0.1) is 43.7 Å². The van der Waals surface area contributed by atoms with E-state index in [9.17, 15) is 14.7 Å². The molecule has 0 bridgehead atoms. The number of anilines is 1. The number of aromatic hydroxyl groups is 1. The van der Waals surface area contributed by atoms with Gasteiger partial charge in [0.1, 0.15) is 5.58 Å². The van der Waals surface area contributed by atoms with Gasteiger partial charge in [0.15, 0.2) is 34.2 Å². The van der Waals surface area contributed by atoms with Gasteiger partial charge >= 0.3 is 0 Å². The standard InChI is InChI=1S/C37H34N6O7/c1-47-32-19-28(38-37(46)35-20-29(44)26-6-4-5-7-31(26)50-35)27(18-30(32)45)36-39-41-43(40-36)25-10-8-22(9-11-25)12-14-42-15-13-23-16-33(48-2)34(49-3)17-24(23)21-42/h4-11,16-20,45H,12-15,21H2,1-3H3,(H,38,46). The van der Waals surface area contributed by atoms with E-state index in [2.05, 4.69) is 37.8 Å². The van der Waals surface area contributed by atoms with Crippen LogP contribution in [0.2, 0.25) is 0 Å². The van der Waals surface area contributed by atoms with E-state index in [1.165, 1.54) is 35.2 Å². The highest BCUT2D eigenvalue weighted by molar-refractivity contribution is 6.05. The Balaban J connectivity index is 1.06. The van der Waals surface area contributed by atoms with Gasteiger partial charge in [0, 0.05) is 31.8 Å². The molecule has 1 aliphatic rings. The second kappa shape index (κ2) is 13.7. The van der Waals surface area contributed by atoms with Crippen LogP contribution >= 0.6 is 0 Å². The van der Waals surface area contributed by atoms with Crippen LogP contribution in [-0.2, 0) is 19.4 Å². The average Bonchev–Trinajstić information content (AvgIpc) is 3.64. The Bertz CT molecular complexity index is 2260. The van der Waals surface area contributed by atoms with E-state index < -0.39 is 5.91 Å². The Kier molecular flexibility index (Phi) is 8.88. The van der Waals surface area contributed by atoms with E-state index in [0.29, 0.717) is 11.1 Å². The van der Waals surface area contributed by atoms with Gasteiger partial charge in [-0.05, 0) is 77.2 Å². The number of fused-ring (bicyclic) bond motifs is 2. The fourth-order valence-electron chi connectivity index (χ4n) is 6.07. The molecule has 4 aromatic carbocycles. The van der Waals surface area contributed by atoms with Gasteiger partial charge in [-0.2, -0.15) is 0 Å². The van der Waals surface area contributed by atoms with Crippen molar-refractivity contribution in [1.29, 1.82) is 0 Å². The maximum absolute atomic E-state index is 13.3. The van der Waals surface area contributed by atoms with Crippen molar-refractivity contribution >= 4 is 22.6 Å². The average molecular weight is 675 g/mol. The third-order valence-corrected chi connectivity index (χ3v) is 8.76. The molecule has 0 aliphatic carbocycles. The van der Waals surface area contributed by atoms with E-state index in [0.717, 1.165) is 55.6 Å². The third kappa shape index (κ3) is 6.45. The number of para-hydroxylation sites is 1. The number of nitrogens with zero attached hydrogens (tertiary/aromatic N) is 5. The first-order chi connectivity index (χ1) is 24.3. The molecule has 50 heavy (non-hydrogen) atoms. The van der Waals surface area contributed by atoms with Crippen molar-refractivity contribution in [2.24, 2.45) is 0 Å². The van der Waals surface area contributed by atoms with Crippen LogP contribution in [0.3, 0.4) is 0 Å². The molecule has 2 N–H and O–H groups in total. The molecular weight excluding hydrogens is 640 g/mol. The van der Waals surface area contributed by atoms with Gasteiger partial charge in [-0.15, -0.1) is 15.0 Å². The van der Waals surface area contributed by atoms with Crippen molar-refractivity contribution in [3.8, 4) is 40.1 Å². The Morgan fingerprint density at radius 2 is 1.66 bits per heavy atom. The molecule has 6 aromatic rings. The van der Waals surface area contributed by atoms with Crippen molar-refractivity contribution in [2.75, 3.05) is 39.7 Å². The minimum atomic E-state index is -0.682. The second-order valence-corrected chi connectivity index (χ2v) is 11.8. The summed E-state index contributed by atoms with van der Waals surface area (Å²) in [6, 6.07) is 22.7. The van der Waals surface area contributed by atoms with E-state index in [-0.39, 0.29) is 45.3 Å². The summed E-state index contributed by atoms with van der Waals surface area (Å²) in [7, 11) is 4.70. The summed E-state index contributed by atoms with van der Waals surface area (Å²) >= 11 is 0. The number of hydrogen-bond donors (Lipinski definition) is 2. The molecule has 0 saturated carbocycles. The number of hydrogen-bond acceptors (Lipinski definition) is 11. The molecule has 13 heteroatoms. The van der Waals surface area contributed by atoms with Gasteiger partial charge in [0.2, 0.25) is 5.82 Å². The third-order valence-electron chi connectivity index (χ3n) is 8.76. The number of carbonyl (C=O) groups is 1. The van der Waals surface area contributed by atoms with Crippen LogP contribution in [0.15, 0.2) is 88.1 Å². The van der Waals surface area contributed by atoms with Gasteiger partial charge in [-0.25, -0.2) is 0 Å². The number of methoxy groups -OCH3 is 3. The number of ether oxygens (including phenoxy) is 3. The smallest absolute Gasteiger partial charge is 0.291 e. The largest absolute Gasteiger partial charge is 0.504 e. The highest BCUT2D eigenvalue weighted by Gasteiger charge is 2.22. The second-order valence-electron chi connectivity index (χ2n) is 11.8. The predicted molar refractivity (Wildman–Crippen MR) is 185 cm³/mol. The number of phenolic OH excluding ortho intramolecular Hbond substituents is 1.